The number of imidazole rings is 2. The van der Waals surface area contributed by atoms with Crippen LogP contribution in [0.4, 0.5) is 0 Å². The van der Waals surface area contributed by atoms with Crippen LogP contribution in [-0.4, -0.2) is 33.3 Å². The maximum absolute atomic E-state index is 5.45. The van der Waals surface area contributed by atoms with E-state index in [4.69, 9.17) is 9.47 Å². The minimum absolute atomic E-state index is 0. The van der Waals surface area contributed by atoms with Crippen molar-refractivity contribution in [2.24, 2.45) is 0 Å². The quantitative estimate of drug-likeness (QED) is 0.286. The lowest BCUT2D eigenvalue weighted by Crippen LogP contribution is -1.97. The third kappa shape index (κ3) is 7.22. The molecule has 4 rings (SSSR count). The van der Waals surface area contributed by atoms with Gasteiger partial charge in [-0.25, -0.2) is 9.97 Å². The van der Waals surface area contributed by atoms with Gasteiger partial charge in [0.2, 0.25) is 0 Å². The molecule has 6 nitrogen and oxygen atoms in total. The largest absolute Gasteiger partial charge is 0.495 e. The molecule has 0 spiro atoms. The molecule has 35 heavy (non-hydrogen) atoms. The minimum Gasteiger partial charge on any atom is -0.495 e. The van der Waals surface area contributed by atoms with Crippen molar-refractivity contribution >= 4 is 0 Å². The number of benzene rings is 2. The van der Waals surface area contributed by atoms with Crippen molar-refractivity contribution in [1.29, 1.82) is 0 Å². The Morgan fingerprint density at radius 2 is 1.26 bits per heavy atom. The molecule has 190 valence electrons. The van der Waals surface area contributed by atoms with Crippen LogP contribution >= 0.6 is 0 Å². The molecule has 0 bridgehead atoms. The zero-order valence-corrected chi connectivity index (χ0v) is 20.6. The molecule has 0 fully saturated rings. The molecule has 0 atom stereocenters. The Balaban J connectivity index is 0.000000332. The van der Waals surface area contributed by atoms with Crippen molar-refractivity contribution in [1.82, 2.24) is 19.1 Å². The summed E-state index contributed by atoms with van der Waals surface area (Å²) in [5.41, 5.74) is 5.60. The van der Waals surface area contributed by atoms with Gasteiger partial charge in [-0.2, -0.15) is 0 Å². The summed E-state index contributed by atoms with van der Waals surface area (Å²) < 4.78 is 14.8. The molecule has 0 unspecified atom stereocenters. The maximum atomic E-state index is 5.45. The summed E-state index contributed by atoms with van der Waals surface area (Å²) in [6, 6.07) is 12.6. The molecule has 2 aromatic carbocycles. The summed E-state index contributed by atoms with van der Waals surface area (Å²) in [5, 5.41) is 0. The van der Waals surface area contributed by atoms with E-state index in [0.29, 0.717) is 11.8 Å². The Hall–Kier alpha value is -3.54. The van der Waals surface area contributed by atoms with Crippen LogP contribution in [0.25, 0.3) is 11.4 Å². The van der Waals surface area contributed by atoms with Crippen LogP contribution in [0.3, 0.4) is 0 Å². The highest BCUT2D eigenvalue weighted by molar-refractivity contribution is 5.50. The van der Waals surface area contributed by atoms with E-state index in [1.54, 1.807) is 26.7 Å². The maximum Gasteiger partial charge on any atom is 0.143 e. The molecular formula is C29H42N4O2. The lowest BCUT2D eigenvalue weighted by molar-refractivity contribution is 0.412. The number of aryl methyl sites for hydroxylation is 1. The molecule has 0 amide bonds. The van der Waals surface area contributed by atoms with E-state index in [1.807, 2.05) is 34.8 Å². The standard InChI is InChI=1S/C14H18N2O.C13H16N2O.2CH4/c1-10(2)12-5-6-13(14(7-12)17-4)16-8-11(3)15-9-16;1-10(2)11-4-5-12(13(8-11)16-3)15-7-6-14-9-15;;/h5-10H,1-4H3;4-10H,1-3H3;2*1H4. The lowest BCUT2D eigenvalue weighted by Gasteiger charge is -2.12. The monoisotopic (exact) mass is 478 g/mol. The Morgan fingerprint density at radius 1 is 0.743 bits per heavy atom. The SMILES string of the molecule is C.C.COc1cc(C(C)C)ccc1-n1ccnc1.COc1cc(C(C)C)ccc1-n1cnc(C)c1. The van der Waals surface area contributed by atoms with E-state index in [0.717, 1.165) is 28.6 Å². The summed E-state index contributed by atoms with van der Waals surface area (Å²) in [7, 11) is 3.40. The van der Waals surface area contributed by atoms with Crippen LogP contribution in [0.2, 0.25) is 0 Å². The van der Waals surface area contributed by atoms with Gasteiger partial charge in [-0.1, -0.05) is 54.7 Å². The first-order valence-electron chi connectivity index (χ1n) is 11.2. The van der Waals surface area contributed by atoms with Crippen molar-refractivity contribution in [3.8, 4) is 22.9 Å². The Kier molecular flexibility index (Phi) is 11.3. The fourth-order valence-corrected chi connectivity index (χ4v) is 3.49. The van der Waals surface area contributed by atoms with Gasteiger partial charge in [0.25, 0.3) is 0 Å². The predicted octanol–water partition coefficient (Wildman–Crippen LogP) is 7.59. The first-order valence-corrected chi connectivity index (χ1v) is 11.2. The smallest absolute Gasteiger partial charge is 0.143 e. The number of aromatic nitrogens is 4. The molecule has 0 aliphatic heterocycles. The van der Waals surface area contributed by atoms with E-state index >= 15 is 0 Å². The number of hydrogen-bond donors (Lipinski definition) is 0. The third-order valence-corrected chi connectivity index (χ3v) is 5.51. The summed E-state index contributed by atoms with van der Waals surface area (Å²) in [6.45, 7) is 10.7. The molecule has 0 aliphatic rings. The average Bonchev–Trinajstić information content (AvgIpc) is 3.50. The van der Waals surface area contributed by atoms with E-state index in [2.05, 4.69) is 74.1 Å². The zero-order valence-electron chi connectivity index (χ0n) is 20.6. The molecule has 2 aromatic heterocycles. The molecule has 0 radical (unpaired) electrons. The first kappa shape index (κ1) is 29.5. The van der Waals surface area contributed by atoms with Gasteiger partial charge in [-0.3, -0.25) is 0 Å². The number of methoxy groups -OCH3 is 2. The van der Waals surface area contributed by atoms with Crippen LogP contribution in [0, 0.1) is 6.92 Å². The van der Waals surface area contributed by atoms with Gasteiger partial charge in [0.1, 0.15) is 11.5 Å². The zero-order chi connectivity index (χ0) is 24.0. The minimum atomic E-state index is 0. The van der Waals surface area contributed by atoms with Crippen LogP contribution < -0.4 is 9.47 Å². The Morgan fingerprint density at radius 3 is 1.63 bits per heavy atom. The van der Waals surface area contributed by atoms with Gasteiger partial charge in [0, 0.05) is 18.6 Å². The summed E-state index contributed by atoms with van der Waals surface area (Å²) in [6.07, 6.45) is 9.24. The average molecular weight is 479 g/mol. The van der Waals surface area contributed by atoms with Crippen LogP contribution in [0.5, 0.6) is 11.5 Å². The normalized spacial score (nSPS) is 10.2. The van der Waals surface area contributed by atoms with Crippen molar-refractivity contribution < 1.29 is 9.47 Å². The van der Waals surface area contributed by atoms with Crippen LogP contribution in [0.15, 0.2) is 67.6 Å². The third-order valence-electron chi connectivity index (χ3n) is 5.51. The molecule has 0 aliphatic carbocycles. The van der Waals surface area contributed by atoms with Crippen molar-refractivity contribution in [2.45, 2.75) is 61.3 Å². The second-order valence-corrected chi connectivity index (χ2v) is 8.56. The van der Waals surface area contributed by atoms with Gasteiger partial charge < -0.3 is 18.6 Å². The second-order valence-electron chi connectivity index (χ2n) is 8.56. The molecule has 0 saturated carbocycles. The van der Waals surface area contributed by atoms with E-state index in [9.17, 15) is 0 Å². The van der Waals surface area contributed by atoms with E-state index < -0.39 is 0 Å². The molecule has 0 N–H and O–H groups in total. The van der Waals surface area contributed by atoms with Crippen molar-refractivity contribution in [3.63, 3.8) is 0 Å². The van der Waals surface area contributed by atoms with Crippen LogP contribution in [-0.2, 0) is 0 Å². The molecule has 6 heteroatoms. The highest BCUT2D eigenvalue weighted by Gasteiger charge is 2.09. The molecule has 0 saturated heterocycles. The van der Waals surface area contributed by atoms with Gasteiger partial charge in [-0.15, -0.1) is 0 Å². The summed E-state index contributed by atoms with van der Waals surface area (Å²) in [4.78, 5) is 8.27. The Bertz CT molecular complexity index is 1160. The van der Waals surface area contributed by atoms with Gasteiger partial charge in [0.15, 0.2) is 0 Å². The van der Waals surface area contributed by atoms with Gasteiger partial charge in [-0.05, 0) is 54.2 Å². The Labute approximate surface area is 211 Å². The molecule has 4 aromatic rings. The first-order chi connectivity index (χ1) is 15.8. The highest BCUT2D eigenvalue weighted by atomic mass is 16.5. The highest BCUT2D eigenvalue weighted by Crippen LogP contribution is 2.28. The summed E-state index contributed by atoms with van der Waals surface area (Å²) >= 11 is 0. The predicted molar refractivity (Wildman–Crippen MR) is 147 cm³/mol. The van der Waals surface area contributed by atoms with Crippen LogP contribution in [0.1, 0.15) is 71.2 Å². The number of ether oxygens (including phenoxy) is 2. The topological polar surface area (TPSA) is 54.1 Å². The number of rotatable bonds is 6. The van der Waals surface area contributed by atoms with E-state index in [-0.39, 0.29) is 14.9 Å². The summed E-state index contributed by atoms with van der Waals surface area (Å²) in [5.74, 6) is 2.77. The van der Waals surface area contributed by atoms with Gasteiger partial charge >= 0.3 is 0 Å². The van der Waals surface area contributed by atoms with E-state index in [1.165, 1.54) is 11.1 Å². The van der Waals surface area contributed by atoms with Gasteiger partial charge in [0.05, 0.1) is 43.9 Å². The lowest BCUT2D eigenvalue weighted by atomic mass is 10.0. The number of nitrogens with zero attached hydrogens (tertiary/aromatic N) is 4. The van der Waals surface area contributed by atoms with Crippen molar-refractivity contribution in [2.75, 3.05) is 14.2 Å². The second kappa shape index (κ2) is 13.4. The van der Waals surface area contributed by atoms with Crippen molar-refractivity contribution in [3.05, 3.63) is 84.5 Å². The fraction of sp³-hybridized carbons (Fsp3) is 0.379. The number of hydrogen-bond acceptors (Lipinski definition) is 4. The molecule has 2 heterocycles. The molecular weight excluding hydrogens is 436 g/mol. The fourth-order valence-electron chi connectivity index (χ4n) is 3.49.